The summed E-state index contributed by atoms with van der Waals surface area (Å²) in [6.45, 7) is 6.76. The normalized spacial score (nSPS) is 14.1. The van der Waals surface area contributed by atoms with Crippen molar-refractivity contribution in [3.05, 3.63) is 87.7 Å². The van der Waals surface area contributed by atoms with E-state index in [4.69, 9.17) is 0 Å². The van der Waals surface area contributed by atoms with Crippen LogP contribution in [0.5, 0.6) is 0 Å². The average molecular weight is 404 g/mol. The lowest BCUT2D eigenvalue weighted by Gasteiger charge is -2.36. The van der Waals surface area contributed by atoms with Gasteiger partial charge in [0.05, 0.1) is 4.92 Å². The molecular weight excluding hydrogens is 380 g/mol. The Morgan fingerprint density at radius 1 is 0.800 bits per heavy atom. The van der Waals surface area contributed by atoms with Crippen LogP contribution in [0.4, 0.5) is 11.4 Å². The van der Waals surface area contributed by atoms with Crippen LogP contribution < -0.4 is 4.90 Å². The number of aromatic nitrogens is 1. The highest BCUT2D eigenvalue weighted by Crippen LogP contribution is 2.22. The first-order valence-electron chi connectivity index (χ1n) is 9.98. The summed E-state index contributed by atoms with van der Waals surface area (Å²) in [5.41, 5.74) is 5.08. The van der Waals surface area contributed by atoms with E-state index < -0.39 is 4.92 Å². The van der Waals surface area contributed by atoms with Crippen molar-refractivity contribution in [2.45, 2.75) is 13.8 Å². The standard InChI is InChI=1S/C23H24N4O3/c1-17-3-4-18(2)26(17)21-7-5-19(6-8-21)23(28)25-15-13-24(14-16-25)20-9-11-22(12-10-20)27(29)30/h3-12H,13-16H2,1-2H3. The number of amides is 1. The van der Waals surface area contributed by atoms with Crippen molar-refractivity contribution in [3.8, 4) is 5.69 Å². The molecule has 0 saturated carbocycles. The quantitative estimate of drug-likeness (QED) is 0.487. The van der Waals surface area contributed by atoms with E-state index >= 15 is 0 Å². The fraction of sp³-hybridized carbons (Fsp3) is 0.261. The van der Waals surface area contributed by atoms with Crippen molar-refractivity contribution in [3.63, 3.8) is 0 Å². The lowest BCUT2D eigenvalue weighted by atomic mass is 10.1. The molecule has 1 aliphatic rings. The molecule has 1 aliphatic heterocycles. The highest BCUT2D eigenvalue weighted by molar-refractivity contribution is 5.94. The molecule has 0 unspecified atom stereocenters. The van der Waals surface area contributed by atoms with Gasteiger partial charge in [0.2, 0.25) is 0 Å². The third-order valence-corrected chi connectivity index (χ3v) is 5.64. The summed E-state index contributed by atoms with van der Waals surface area (Å²) in [5.74, 6) is 0.0332. The Labute approximate surface area is 175 Å². The summed E-state index contributed by atoms with van der Waals surface area (Å²) in [6, 6.07) is 18.5. The molecule has 2 aromatic carbocycles. The number of aryl methyl sites for hydroxylation is 2. The van der Waals surface area contributed by atoms with Crippen molar-refractivity contribution in [1.29, 1.82) is 0 Å². The lowest BCUT2D eigenvalue weighted by molar-refractivity contribution is -0.384. The van der Waals surface area contributed by atoms with Crippen LogP contribution in [0.3, 0.4) is 0 Å². The molecule has 0 radical (unpaired) electrons. The second-order valence-electron chi connectivity index (χ2n) is 7.55. The van der Waals surface area contributed by atoms with Crippen LogP contribution in [0.15, 0.2) is 60.7 Å². The zero-order chi connectivity index (χ0) is 21.3. The Morgan fingerprint density at radius 2 is 1.33 bits per heavy atom. The van der Waals surface area contributed by atoms with Gasteiger partial charge in [-0.1, -0.05) is 0 Å². The summed E-state index contributed by atoms with van der Waals surface area (Å²) in [5, 5.41) is 10.8. The number of rotatable bonds is 4. The molecule has 0 spiro atoms. The average Bonchev–Trinajstić information content (AvgIpc) is 3.11. The predicted molar refractivity (Wildman–Crippen MR) is 116 cm³/mol. The summed E-state index contributed by atoms with van der Waals surface area (Å²) < 4.78 is 2.16. The zero-order valence-electron chi connectivity index (χ0n) is 17.1. The fourth-order valence-corrected chi connectivity index (χ4v) is 3.96. The number of hydrogen-bond acceptors (Lipinski definition) is 4. The number of non-ortho nitro benzene ring substituents is 1. The highest BCUT2D eigenvalue weighted by atomic mass is 16.6. The Hall–Kier alpha value is -3.61. The van der Waals surface area contributed by atoms with E-state index in [0.717, 1.165) is 22.8 Å². The van der Waals surface area contributed by atoms with E-state index in [-0.39, 0.29) is 11.6 Å². The number of carbonyl (C=O) groups excluding carboxylic acids is 1. The number of piperazine rings is 1. The molecule has 3 aromatic rings. The minimum atomic E-state index is -0.398. The van der Waals surface area contributed by atoms with E-state index in [1.165, 1.54) is 12.1 Å². The number of nitro groups is 1. The maximum absolute atomic E-state index is 12.9. The molecule has 1 fully saturated rings. The van der Waals surface area contributed by atoms with Crippen molar-refractivity contribution < 1.29 is 9.72 Å². The largest absolute Gasteiger partial charge is 0.368 e. The Morgan fingerprint density at radius 3 is 1.87 bits per heavy atom. The van der Waals surface area contributed by atoms with Crippen molar-refractivity contribution in [2.75, 3.05) is 31.1 Å². The molecule has 0 N–H and O–H groups in total. The van der Waals surface area contributed by atoms with Crippen molar-refractivity contribution in [1.82, 2.24) is 9.47 Å². The van der Waals surface area contributed by atoms with Crippen LogP contribution in [-0.4, -0.2) is 46.5 Å². The van der Waals surface area contributed by atoms with Gasteiger partial charge in [0.15, 0.2) is 0 Å². The summed E-state index contributed by atoms with van der Waals surface area (Å²) >= 11 is 0. The van der Waals surface area contributed by atoms with Crippen molar-refractivity contribution >= 4 is 17.3 Å². The van der Waals surface area contributed by atoms with Gasteiger partial charge in [0, 0.05) is 66.6 Å². The van der Waals surface area contributed by atoms with Gasteiger partial charge in [-0.05, 0) is 62.4 Å². The third-order valence-electron chi connectivity index (χ3n) is 5.64. The van der Waals surface area contributed by atoms with E-state index in [9.17, 15) is 14.9 Å². The number of hydrogen-bond donors (Lipinski definition) is 0. The van der Waals surface area contributed by atoms with Gasteiger partial charge in [-0.15, -0.1) is 0 Å². The number of nitro benzene ring substituents is 1. The smallest absolute Gasteiger partial charge is 0.269 e. The number of carbonyl (C=O) groups is 1. The molecule has 4 rings (SSSR count). The fourth-order valence-electron chi connectivity index (χ4n) is 3.96. The maximum atomic E-state index is 12.9. The molecule has 7 heteroatoms. The molecule has 0 aliphatic carbocycles. The van der Waals surface area contributed by atoms with Gasteiger partial charge in [-0.25, -0.2) is 0 Å². The molecule has 30 heavy (non-hydrogen) atoms. The minimum Gasteiger partial charge on any atom is -0.368 e. The van der Waals surface area contributed by atoms with Crippen LogP contribution in [0.2, 0.25) is 0 Å². The number of anilines is 1. The lowest BCUT2D eigenvalue weighted by Crippen LogP contribution is -2.48. The van der Waals surface area contributed by atoms with E-state index in [0.29, 0.717) is 31.7 Å². The molecule has 0 bridgehead atoms. The second kappa shape index (κ2) is 8.02. The molecular formula is C23H24N4O3. The first-order chi connectivity index (χ1) is 14.4. The van der Waals surface area contributed by atoms with Crippen molar-refractivity contribution in [2.24, 2.45) is 0 Å². The van der Waals surface area contributed by atoms with Crippen LogP contribution in [-0.2, 0) is 0 Å². The molecule has 1 aromatic heterocycles. The predicted octanol–water partition coefficient (Wildman–Crippen LogP) is 3.96. The van der Waals surface area contributed by atoms with Crippen LogP contribution in [0.25, 0.3) is 5.69 Å². The van der Waals surface area contributed by atoms with E-state index in [1.807, 2.05) is 29.2 Å². The van der Waals surface area contributed by atoms with E-state index in [2.05, 4.69) is 35.4 Å². The van der Waals surface area contributed by atoms with E-state index in [1.54, 1.807) is 12.1 Å². The molecule has 0 atom stereocenters. The maximum Gasteiger partial charge on any atom is 0.269 e. The monoisotopic (exact) mass is 404 g/mol. The van der Waals surface area contributed by atoms with Gasteiger partial charge < -0.3 is 14.4 Å². The summed E-state index contributed by atoms with van der Waals surface area (Å²) in [7, 11) is 0. The third kappa shape index (κ3) is 3.78. The van der Waals surface area contributed by atoms with Gasteiger partial charge in [-0.3, -0.25) is 14.9 Å². The van der Waals surface area contributed by atoms with Crippen LogP contribution in [0.1, 0.15) is 21.7 Å². The Kier molecular flexibility index (Phi) is 5.27. The molecule has 1 amide bonds. The Balaban J connectivity index is 1.40. The van der Waals surface area contributed by atoms with Gasteiger partial charge in [0.25, 0.3) is 11.6 Å². The highest BCUT2D eigenvalue weighted by Gasteiger charge is 2.22. The molecule has 2 heterocycles. The minimum absolute atomic E-state index is 0.0332. The first-order valence-corrected chi connectivity index (χ1v) is 9.98. The topological polar surface area (TPSA) is 71.6 Å². The van der Waals surface area contributed by atoms with Gasteiger partial charge >= 0.3 is 0 Å². The van der Waals surface area contributed by atoms with Crippen LogP contribution in [0, 0.1) is 24.0 Å². The molecule has 7 nitrogen and oxygen atoms in total. The summed E-state index contributed by atoms with van der Waals surface area (Å²) in [6.07, 6.45) is 0. The van der Waals surface area contributed by atoms with Gasteiger partial charge in [0.1, 0.15) is 0 Å². The molecule has 154 valence electrons. The first kappa shape index (κ1) is 19.7. The zero-order valence-corrected chi connectivity index (χ0v) is 17.1. The Bertz CT molecular complexity index is 1040. The molecule has 1 saturated heterocycles. The number of nitrogens with zero attached hydrogens (tertiary/aromatic N) is 4. The van der Waals surface area contributed by atoms with Crippen LogP contribution >= 0.6 is 0 Å². The van der Waals surface area contributed by atoms with Gasteiger partial charge in [-0.2, -0.15) is 0 Å². The second-order valence-corrected chi connectivity index (χ2v) is 7.55. The number of benzene rings is 2. The SMILES string of the molecule is Cc1ccc(C)n1-c1ccc(C(=O)N2CCN(c3ccc([N+](=O)[O-])cc3)CC2)cc1. The summed E-state index contributed by atoms with van der Waals surface area (Å²) in [4.78, 5) is 27.3.